The Morgan fingerprint density at radius 1 is 0.361 bits per heavy atom. The lowest BCUT2D eigenvalue weighted by atomic mass is 9.93. The zero-order valence-corrected chi connectivity index (χ0v) is 20.9. The van der Waals surface area contributed by atoms with Gasteiger partial charge in [0.05, 0.1) is 0 Å². The predicted octanol–water partition coefficient (Wildman–Crippen LogP) is 9.48. The van der Waals surface area contributed by atoms with Gasteiger partial charge in [0.25, 0.3) is 0 Å². The maximum Gasteiger partial charge on any atom is -0.0105 e. The van der Waals surface area contributed by atoms with E-state index in [2.05, 4.69) is 159 Å². The van der Waals surface area contributed by atoms with Crippen molar-refractivity contribution in [3.8, 4) is 0 Å². The third-order valence-electron chi connectivity index (χ3n) is 6.45. The largest absolute Gasteiger partial charge is 0.0622 e. The van der Waals surface area contributed by atoms with Crippen molar-refractivity contribution in [2.75, 3.05) is 0 Å². The molecular formula is C36H30. The monoisotopic (exact) mass is 462 g/mol. The summed E-state index contributed by atoms with van der Waals surface area (Å²) < 4.78 is 0. The van der Waals surface area contributed by atoms with Crippen LogP contribution in [0.5, 0.6) is 0 Å². The molecule has 0 atom stereocenters. The van der Waals surface area contributed by atoms with Crippen LogP contribution in [0.3, 0.4) is 0 Å². The van der Waals surface area contributed by atoms with Crippen LogP contribution in [0.2, 0.25) is 0 Å². The summed E-state index contributed by atoms with van der Waals surface area (Å²) in [6, 6.07) is 47.6. The molecule has 36 heavy (non-hydrogen) atoms. The average Bonchev–Trinajstić information content (AvgIpc) is 2.93. The molecule has 0 unspecified atom stereocenters. The number of hydrogen-bond acceptors (Lipinski definition) is 0. The highest BCUT2D eigenvalue weighted by molar-refractivity contribution is 5.93. The van der Waals surface area contributed by atoms with Crippen LogP contribution in [0.25, 0.3) is 23.3 Å². The van der Waals surface area contributed by atoms with Crippen LogP contribution in [0.15, 0.2) is 133 Å². The summed E-state index contributed by atoms with van der Waals surface area (Å²) in [6.45, 7) is 4.25. The zero-order chi connectivity index (χ0) is 24.7. The van der Waals surface area contributed by atoms with Crippen molar-refractivity contribution in [3.63, 3.8) is 0 Å². The predicted molar refractivity (Wildman–Crippen MR) is 156 cm³/mol. The molecule has 0 nitrogen and oxygen atoms in total. The van der Waals surface area contributed by atoms with Crippen molar-refractivity contribution in [2.24, 2.45) is 0 Å². The van der Waals surface area contributed by atoms with Crippen LogP contribution in [0.4, 0.5) is 0 Å². The van der Waals surface area contributed by atoms with E-state index in [9.17, 15) is 0 Å². The van der Waals surface area contributed by atoms with E-state index in [0.29, 0.717) is 0 Å². The van der Waals surface area contributed by atoms with E-state index < -0.39 is 0 Å². The highest BCUT2D eigenvalue weighted by Gasteiger charge is 2.07. The van der Waals surface area contributed by atoms with E-state index in [1.807, 2.05) is 0 Å². The molecule has 5 aromatic carbocycles. The standard InChI is InChI=1S/C36H30/c1-27-13-21-33(22-14-27)35(31-9-5-3-6-10-31)25-29-17-19-30(20-18-29)26-36(32-11-7-4-8-12-32)34-23-15-28(2)16-24-34/h3-26H,1-2H3/b35-25-,36-26-. The van der Waals surface area contributed by atoms with Crippen LogP contribution in [0.1, 0.15) is 44.5 Å². The van der Waals surface area contributed by atoms with E-state index in [4.69, 9.17) is 0 Å². The van der Waals surface area contributed by atoms with Crippen LogP contribution in [-0.4, -0.2) is 0 Å². The molecule has 0 amide bonds. The Labute approximate surface area is 214 Å². The minimum atomic E-state index is 1.18. The normalized spacial score (nSPS) is 11.9. The first-order chi connectivity index (χ1) is 17.7. The summed E-state index contributed by atoms with van der Waals surface area (Å²) in [5.74, 6) is 0. The SMILES string of the molecule is Cc1ccc(/C(=C\c2ccc(/C=C(/c3ccccc3)c3ccc(C)cc3)cc2)c2ccccc2)cc1. The Bertz CT molecular complexity index is 1350. The molecule has 0 fully saturated rings. The second-order valence-corrected chi connectivity index (χ2v) is 9.25. The molecular weight excluding hydrogens is 432 g/mol. The van der Waals surface area contributed by atoms with E-state index >= 15 is 0 Å². The lowest BCUT2D eigenvalue weighted by Gasteiger charge is -2.11. The van der Waals surface area contributed by atoms with E-state index in [1.165, 1.54) is 55.7 Å². The molecule has 0 saturated carbocycles. The molecule has 0 bridgehead atoms. The van der Waals surface area contributed by atoms with Gasteiger partial charge in [0.1, 0.15) is 0 Å². The molecule has 0 aliphatic rings. The molecule has 5 aromatic rings. The number of benzene rings is 5. The zero-order valence-electron chi connectivity index (χ0n) is 20.9. The first-order valence-corrected chi connectivity index (χ1v) is 12.4. The molecule has 0 radical (unpaired) electrons. The van der Waals surface area contributed by atoms with E-state index in [0.717, 1.165) is 0 Å². The molecule has 5 rings (SSSR count). The molecule has 174 valence electrons. The van der Waals surface area contributed by atoms with Crippen LogP contribution in [-0.2, 0) is 0 Å². The van der Waals surface area contributed by atoms with Crippen molar-refractivity contribution < 1.29 is 0 Å². The summed E-state index contributed by atoms with van der Waals surface area (Å²) in [7, 11) is 0. The fraction of sp³-hybridized carbons (Fsp3) is 0.0556. The van der Waals surface area contributed by atoms with Gasteiger partial charge in [-0.3, -0.25) is 0 Å². The molecule has 0 spiro atoms. The molecule has 0 heteroatoms. The first-order valence-electron chi connectivity index (χ1n) is 12.4. The van der Waals surface area contributed by atoms with Gasteiger partial charge >= 0.3 is 0 Å². The molecule has 0 aliphatic carbocycles. The van der Waals surface area contributed by atoms with Crippen molar-refractivity contribution in [1.82, 2.24) is 0 Å². The molecule has 0 saturated heterocycles. The van der Waals surface area contributed by atoms with E-state index in [-0.39, 0.29) is 0 Å². The van der Waals surface area contributed by atoms with Gasteiger partial charge in [-0.15, -0.1) is 0 Å². The van der Waals surface area contributed by atoms with Crippen molar-refractivity contribution in [3.05, 3.63) is 178 Å². The van der Waals surface area contributed by atoms with Gasteiger partial charge in [-0.1, -0.05) is 145 Å². The highest BCUT2D eigenvalue weighted by atomic mass is 14.1. The van der Waals surface area contributed by atoms with Gasteiger partial charge in [0.15, 0.2) is 0 Å². The summed E-state index contributed by atoms with van der Waals surface area (Å²) in [4.78, 5) is 0. The Morgan fingerprint density at radius 2 is 0.667 bits per heavy atom. The smallest absolute Gasteiger partial charge is 0.0105 e. The summed E-state index contributed by atoms with van der Waals surface area (Å²) in [6.07, 6.45) is 4.57. The van der Waals surface area contributed by atoms with Crippen LogP contribution >= 0.6 is 0 Å². The number of hydrogen-bond donors (Lipinski definition) is 0. The summed E-state index contributed by atoms with van der Waals surface area (Å²) in [5.41, 5.74) is 12.2. The maximum atomic E-state index is 2.28. The van der Waals surface area contributed by atoms with Gasteiger partial charge in [0.2, 0.25) is 0 Å². The second kappa shape index (κ2) is 10.9. The fourth-order valence-electron chi connectivity index (χ4n) is 4.39. The summed E-state index contributed by atoms with van der Waals surface area (Å²) in [5, 5.41) is 0. The van der Waals surface area contributed by atoms with Crippen LogP contribution < -0.4 is 0 Å². The Kier molecular flexibility index (Phi) is 7.05. The first kappa shape index (κ1) is 23.3. The maximum absolute atomic E-state index is 2.28. The Balaban J connectivity index is 1.52. The fourth-order valence-corrected chi connectivity index (χ4v) is 4.39. The third-order valence-corrected chi connectivity index (χ3v) is 6.45. The van der Waals surface area contributed by atoms with Crippen molar-refractivity contribution in [2.45, 2.75) is 13.8 Å². The second-order valence-electron chi connectivity index (χ2n) is 9.25. The lowest BCUT2D eigenvalue weighted by molar-refractivity contribution is 1.45. The minimum absolute atomic E-state index is 1.18. The van der Waals surface area contributed by atoms with Crippen molar-refractivity contribution >= 4 is 23.3 Å². The molecule has 0 N–H and O–H groups in total. The Hall–Kier alpha value is -4.42. The molecule has 0 aromatic heterocycles. The van der Waals surface area contributed by atoms with Gasteiger partial charge in [-0.2, -0.15) is 0 Å². The van der Waals surface area contributed by atoms with Gasteiger partial charge in [0, 0.05) is 0 Å². The highest BCUT2D eigenvalue weighted by Crippen LogP contribution is 2.29. The van der Waals surface area contributed by atoms with Gasteiger partial charge < -0.3 is 0 Å². The van der Waals surface area contributed by atoms with E-state index in [1.54, 1.807) is 0 Å². The quantitative estimate of drug-likeness (QED) is 0.220. The number of aryl methyl sites for hydroxylation is 2. The lowest BCUT2D eigenvalue weighted by Crippen LogP contribution is -1.90. The Morgan fingerprint density at radius 3 is 1.00 bits per heavy atom. The van der Waals surface area contributed by atoms with Crippen LogP contribution in [0, 0.1) is 13.8 Å². The molecule has 0 heterocycles. The average molecular weight is 463 g/mol. The third kappa shape index (κ3) is 5.62. The summed E-state index contributed by atoms with van der Waals surface area (Å²) >= 11 is 0. The topological polar surface area (TPSA) is 0 Å². The van der Waals surface area contributed by atoms with Crippen molar-refractivity contribution in [1.29, 1.82) is 0 Å². The van der Waals surface area contributed by atoms with Gasteiger partial charge in [-0.25, -0.2) is 0 Å². The number of rotatable bonds is 6. The minimum Gasteiger partial charge on any atom is -0.0622 e. The van der Waals surface area contributed by atoms with Gasteiger partial charge in [-0.05, 0) is 70.5 Å². The molecule has 0 aliphatic heterocycles.